The van der Waals surface area contributed by atoms with Gasteiger partial charge in [-0.25, -0.2) is 0 Å². The van der Waals surface area contributed by atoms with Gasteiger partial charge in [0.2, 0.25) is 0 Å². The summed E-state index contributed by atoms with van der Waals surface area (Å²) >= 11 is 1.96. The summed E-state index contributed by atoms with van der Waals surface area (Å²) in [6.07, 6.45) is 7.82. The number of thioether (sulfide) groups is 1. The first-order chi connectivity index (χ1) is 10.6. The zero-order chi connectivity index (χ0) is 16.0. The van der Waals surface area contributed by atoms with Crippen LogP contribution in [-0.2, 0) is 5.41 Å². The molecular formula is C19H28N2S. The molecule has 0 aliphatic carbocycles. The zero-order valence-electron chi connectivity index (χ0n) is 14.2. The molecule has 120 valence electrons. The molecule has 2 nitrogen and oxygen atoms in total. The van der Waals surface area contributed by atoms with Crippen molar-refractivity contribution >= 4 is 17.4 Å². The monoisotopic (exact) mass is 316 g/mol. The van der Waals surface area contributed by atoms with Crippen LogP contribution < -0.4 is 5.32 Å². The zero-order valence-corrected chi connectivity index (χ0v) is 15.0. The van der Waals surface area contributed by atoms with E-state index in [2.05, 4.69) is 73.5 Å². The Balaban J connectivity index is 2.03. The van der Waals surface area contributed by atoms with Crippen LogP contribution in [0.5, 0.6) is 0 Å². The van der Waals surface area contributed by atoms with Gasteiger partial charge >= 0.3 is 0 Å². The number of hydrogen-bond acceptors (Lipinski definition) is 3. The molecule has 1 N–H and O–H groups in total. The van der Waals surface area contributed by atoms with Gasteiger partial charge in [0.15, 0.2) is 0 Å². The molecule has 0 saturated carbocycles. The van der Waals surface area contributed by atoms with Crippen molar-refractivity contribution in [3.05, 3.63) is 53.1 Å². The van der Waals surface area contributed by atoms with E-state index in [-0.39, 0.29) is 5.41 Å². The average Bonchev–Trinajstić information content (AvgIpc) is 2.99. The van der Waals surface area contributed by atoms with Crippen molar-refractivity contribution < 1.29 is 0 Å². The molecule has 0 spiro atoms. The minimum Gasteiger partial charge on any atom is -0.388 e. The van der Waals surface area contributed by atoms with Gasteiger partial charge in [-0.1, -0.05) is 44.2 Å². The molecule has 0 unspecified atom stereocenters. The lowest BCUT2D eigenvalue weighted by atomic mass is 9.80. The molecule has 1 saturated heterocycles. The lowest BCUT2D eigenvalue weighted by Gasteiger charge is -2.26. The van der Waals surface area contributed by atoms with Crippen LogP contribution in [0.2, 0.25) is 0 Å². The predicted octanol–water partition coefficient (Wildman–Crippen LogP) is 4.86. The predicted molar refractivity (Wildman–Crippen MR) is 101 cm³/mol. The second kappa shape index (κ2) is 7.77. The maximum absolute atomic E-state index is 3.30. The van der Waals surface area contributed by atoms with Crippen molar-refractivity contribution in [3.8, 4) is 0 Å². The number of allylic oxidation sites excluding steroid dienone is 3. The second-order valence-corrected chi connectivity index (χ2v) is 7.36. The first-order valence-electron chi connectivity index (χ1n) is 8.10. The Morgan fingerprint density at radius 2 is 2.09 bits per heavy atom. The number of rotatable bonds is 6. The van der Waals surface area contributed by atoms with Crippen LogP contribution in [0.3, 0.4) is 0 Å². The topological polar surface area (TPSA) is 15.3 Å². The maximum Gasteiger partial charge on any atom is 0.0708 e. The van der Waals surface area contributed by atoms with E-state index >= 15 is 0 Å². The molecule has 1 aliphatic rings. The van der Waals surface area contributed by atoms with E-state index in [1.165, 1.54) is 28.6 Å². The first kappa shape index (κ1) is 17.0. The van der Waals surface area contributed by atoms with Crippen LogP contribution in [-0.4, -0.2) is 30.8 Å². The first-order valence-corrected chi connectivity index (χ1v) is 9.09. The third-order valence-corrected chi connectivity index (χ3v) is 5.31. The van der Waals surface area contributed by atoms with E-state index in [4.69, 9.17) is 0 Å². The van der Waals surface area contributed by atoms with Gasteiger partial charge in [0.1, 0.15) is 0 Å². The second-order valence-electron chi connectivity index (χ2n) is 6.24. The number of para-hydroxylation sites is 1. The normalized spacial score (nSPS) is 17.6. The summed E-state index contributed by atoms with van der Waals surface area (Å²) in [4.78, 5) is 2.44. The van der Waals surface area contributed by atoms with E-state index in [0.717, 1.165) is 13.0 Å². The summed E-state index contributed by atoms with van der Waals surface area (Å²) in [5, 5.41) is 4.71. The molecule has 1 aromatic carbocycles. The molecule has 0 amide bonds. The Morgan fingerprint density at radius 3 is 2.82 bits per heavy atom. The van der Waals surface area contributed by atoms with Crippen molar-refractivity contribution in [1.29, 1.82) is 0 Å². The van der Waals surface area contributed by atoms with Crippen LogP contribution in [0.4, 0.5) is 5.69 Å². The molecule has 1 aliphatic heterocycles. The quantitative estimate of drug-likeness (QED) is 0.806. The molecule has 0 bridgehead atoms. The van der Waals surface area contributed by atoms with E-state index in [1.807, 2.05) is 18.8 Å². The molecule has 0 radical (unpaired) electrons. The summed E-state index contributed by atoms with van der Waals surface area (Å²) in [7, 11) is 1.99. The molecule has 2 rings (SSSR count). The van der Waals surface area contributed by atoms with Crippen LogP contribution in [0.1, 0.15) is 32.8 Å². The summed E-state index contributed by atoms with van der Waals surface area (Å²) in [6, 6.07) is 8.58. The number of anilines is 1. The van der Waals surface area contributed by atoms with Gasteiger partial charge in [-0.3, -0.25) is 0 Å². The number of nitrogens with zero attached hydrogens (tertiary/aromatic N) is 1. The standard InChI is InChI=1S/C19H28N2S/c1-5-21-14-15-22-18(21)12-8-9-13-19(2,3)16-10-6-7-11-17(16)20-4/h6-12,20H,5,13-15H2,1-4H3/b9-8+,18-12-. The minimum absolute atomic E-state index is 0.127. The smallest absolute Gasteiger partial charge is 0.0708 e. The number of nitrogens with one attached hydrogen (secondary N) is 1. The largest absolute Gasteiger partial charge is 0.388 e. The average molecular weight is 317 g/mol. The number of hydrogen-bond donors (Lipinski definition) is 1. The summed E-state index contributed by atoms with van der Waals surface area (Å²) in [5.41, 5.74) is 2.73. The SMILES string of the molecule is CCN1CCS/C1=C\C=C\CC(C)(C)c1ccccc1NC. The van der Waals surface area contributed by atoms with Gasteiger partial charge in [0.25, 0.3) is 0 Å². The lowest BCUT2D eigenvalue weighted by Crippen LogP contribution is -2.18. The van der Waals surface area contributed by atoms with Crippen molar-refractivity contribution in [2.24, 2.45) is 0 Å². The highest BCUT2D eigenvalue weighted by Crippen LogP contribution is 2.33. The fraction of sp³-hybridized carbons (Fsp3) is 0.474. The van der Waals surface area contributed by atoms with Gasteiger partial charge in [-0.05, 0) is 36.5 Å². The molecule has 22 heavy (non-hydrogen) atoms. The molecule has 3 heteroatoms. The third-order valence-electron chi connectivity index (χ3n) is 4.23. The Kier molecular flexibility index (Phi) is 6.01. The molecule has 0 aromatic heterocycles. The molecule has 1 heterocycles. The fourth-order valence-corrected chi connectivity index (χ4v) is 3.94. The number of benzene rings is 1. The highest BCUT2D eigenvalue weighted by atomic mass is 32.2. The van der Waals surface area contributed by atoms with Crippen molar-refractivity contribution in [2.45, 2.75) is 32.6 Å². The van der Waals surface area contributed by atoms with Crippen LogP contribution in [0.25, 0.3) is 0 Å². The van der Waals surface area contributed by atoms with Crippen molar-refractivity contribution in [1.82, 2.24) is 4.90 Å². The van der Waals surface area contributed by atoms with Gasteiger partial charge in [0, 0.05) is 31.6 Å². The fourth-order valence-electron chi connectivity index (χ4n) is 2.84. The van der Waals surface area contributed by atoms with E-state index in [1.54, 1.807) is 0 Å². The summed E-state index contributed by atoms with van der Waals surface area (Å²) in [5.74, 6) is 1.22. The van der Waals surface area contributed by atoms with E-state index < -0.39 is 0 Å². The summed E-state index contributed by atoms with van der Waals surface area (Å²) in [6.45, 7) is 9.13. The molecule has 0 atom stereocenters. The Morgan fingerprint density at radius 1 is 1.32 bits per heavy atom. The maximum atomic E-state index is 3.30. The Labute approximate surface area is 139 Å². The van der Waals surface area contributed by atoms with Crippen molar-refractivity contribution in [2.75, 3.05) is 31.2 Å². The van der Waals surface area contributed by atoms with Gasteiger partial charge in [-0.15, -0.1) is 11.8 Å². The van der Waals surface area contributed by atoms with Crippen LogP contribution in [0, 0.1) is 0 Å². The summed E-state index contributed by atoms with van der Waals surface area (Å²) < 4.78 is 0. The Bertz CT molecular complexity index is 546. The van der Waals surface area contributed by atoms with E-state index in [0.29, 0.717) is 0 Å². The van der Waals surface area contributed by atoms with Gasteiger partial charge in [0.05, 0.1) is 5.03 Å². The van der Waals surface area contributed by atoms with E-state index in [9.17, 15) is 0 Å². The van der Waals surface area contributed by atoms with Crippen LogP contribution in [0.15, 0.2) is 47.5 Å². The van der Waals surface area contributed by atoms with Gasteiger partial charge in [-0.2, -0.15) is 0 Å². The van der Waals surface area contributed by atoms with Crippen LogP contribution >= 0.6 is 11.8 Å². The molecule has 1 fully saturated rings. The van der Waals surface area contributed by atoms with Crippen molar-refractivity contribution in [3.63, 3.8) is 0 Å². The van der Waals surface area contributed by atoms with Gasteiger partial charge < -0.3 is 10.2 Å². The lowest BCUT2D eigenvalue weighted by molar-refractivity contribution is 0.426. The highest BCUT2D eigenvalue weighted by molar-refractivity contribution is 8.03. The molecule has 1 aromatic rings. The third kappa shape index (κ3) is 4.10. The minimum atomic E-state index is 0.127. The highest BCUT2D eigenvalue weighted by Gasteiger charge is 2.21. The Hall–Kier alpha value is -1.35. The molecular weight excluding hydrogens is 288 g/mol.